The van der Waals surface area contributed by atoms with Crippen molar-refractivity contribution in [2.45, 2.75) is 70.9 Å². The predicted octanol–water partition coefficient (Wildman–Crippen LogP) is 4.42. The van der Waals surface area contributed by atoms with Gasteiger partial charge in [0.05, 0.1) is 16.7 Å². The molecule has 2 heterocycles. The number of hydrogen-bond acceptors (Lipinski definition) is 6. The molecule has 0 bridgehead atoms. The zero-order valence-electron chi connectivity index (χ0n) is 18.8. The number of aliphatic hydroxyl groups excluding tert-OH is 1. The highest BCUT2D eigenvalue weighted by molar-refractivity contribution is 7.16. The number of nitrogens with one attached hydrogen (secondary N) is 2. The first kappa shape index (κ1) is 22.0. The van der Waals surface area contributed by atoms with Gasteiger partial charge in [-0.2, -0.15) is 0 Å². The summed E-state index contributed by atoms with van der Waals surface area (Å²) in [5.74, 6) is -0.154. The number of carbonyl (C=O) groups excluding carboxylic acids is 2. The molecule has 32 heavy (non-hydrogen) atoms. The number of fused-ring (bicyclic) bond motifs is 2. The van der Waals surface area contributed by atoms with Gasteiger partial charge in [-0.05, 0) is 60.8 Å². The largest absolute Gasteiger partial charge is 0.392 e. The Hall–Kier alpha value is -1.77. The Balaban J connectivity index is 1.35. The van der Waals surface area contributed by atoms with Crippen LogP contribution >= 0.6 is 22.7 Å². The minimum absolute atomic E-state index is 0.0312. The lowest BCUT2D eigenvalue weighted by Gasteiger charge is -2.53. The SMILES string of the molecule is C[C@H](C(=O)NC1CC1)[C@@H]1CC[C@]2(C)Cc3sc(NC(=O)c4cccs4)nc3[C@@H](C)[C@@H]2[C@H]1O. The van der Waals surface area contributed by atoms with Crippen LogP contribution in [-0.2, 0) is 11.2 Å². The van der Waals surface area contributed by atoms with Crippen LogP contribution in [0.3, 0.4) is 0 Å². The van der Waals surface area contributed by atoms with E-state index in [4.69, 9.17) is 4.98 Å². The maximum absolute atomic E-state index is 12.7. The summed E-state index contributed by atoms with van der Waals surface area (Å²) in [5, 5.41) is 20.1. The Kier molecular flexibility index (Phi) is 5.66. The third-order valence-corrected chi connectivity index (χ3v) is 9.72. The summed E-state index contributed by atoms with van der Waals surface area (Å²) in [5.41, 5.74) is 0.963. The number of thiophene rings is 1. The zero-order chi connectivity index (χ0) is 22.6. The van der Waals surface area contributed by atoms with Gasteiger partial charge in [0.2, 0.25) is 5.91 Å². The molecular formula is C24H31N3O3S2. The van der Waals surface area contributed by atoms with Crippen molar-refractivity contribution in [3.63, 3.8) is 0 Å². The highest BCUT2D eigenvalue weighted by Gasteiger charge is 2.54. The molecule has 0 unspecified atom stereocenters. The van der Waals surface area contributed by atoms with E-state index in [-0.39, 0.29) is 40.9 Å². The van der Waals surface area contributed by atoms with Crippen LogP contribution in [-0.4, -0.2) is 34.1 Å². The van der Waals surface area contributed by atoms with Crippen molar-refractivity contribution in [2.24, 2.45) is 23.2 Å². The molecule has 5 rings (SSSR count). The van der Waals surface area contributed by atoms with Gasteiger partial charge in [-0.25, -0.2) is 4.98 Å². The molecule has 172 valence electrons. The number of carbonyl (C=O) groups is 2. The maximum Gasteiger partial charge on any atom is 0.267 e. The molecule has 3 aliphatic carbocycles. The van der Waals surface area contributed by atoms with E-state index >= 15 is 0 Å². The lowest BCUT2D eigenvalue weighted by Crippen LogP contribution is -2.53. The van der Waals surface area contributed by atoms with Crippen LogP contribution in [0.2, 0.25) is 0 Å². The van der Waals surface area contributed by atoms with E-state index < -0.39 is 6.10 Å². The summed E-state index contributed by atoms with van der Waals surface area (Å²) in [6.07, 6.45) is 4.30. The number of hydrogen-bond donors (Lipinski definition) is 3. The fourth-order valence-electron chi connectivity index (χ4n) is 5.92. The average Bonchev–Trinajstić information content (AvgIpc) is 3.22. The molecule has 2 saturated carbocycles. The lowest BCUT2D eigenvalue weighted by molar-refractivity contribution is -0.134. The van der Waals surface area contributed by atoms with Crippen molar-refractivity contribution in [3.8, 4) is 0 Å². The fourth-order valence-corrected chi connectivity index (χ4v) is 7.80. The molecule has 6 atom stereocenters. The molecule has 3 aliphatic rings. The second kappa shape index (κ2) is 8.22. The monoisotopic (exact) mass is 473 g/mol. The van der Waals surface area contributed by atoms with Crippen LogP contribution in [0.15, 0.2) is 17.5 Å². The highest BCUT2D eigenvalue weighted by atomic mass is 32.1. The van der Waals surface area contributed by atoms with Crippen molar-refractivity contribution in [1.29, 1.82) is 0 Å². The van der Waals surface area contributed by atoms with E-state index in [1.165, 1.54) is 16.2 Å². The number of aromatic nitrogens is 1. The molecule has 0 aromatic carbocycles. The van der Waals surface area contributed by atoms with Crippen LogP contribution in [0, 0.1) is 23.2 Å². The second-order valence-corrected chi connectivity index (χ2v) is 12.2. The minimum Gasteiger partial charge on any atom is -0.392 e. The Labute approximate surface area is 196 Å². The van der Waals surface area contributed by atoms with E-state index in [0.29, 0.717) is 16.1 Å². The van der Waals surface area contributed by atoms with Crippen molar-refractivity contribution in [3.05, 3.63) is 33.0 Å². The highest BCUT2D eigenvalue weighted by Crippen LogP contribution is 2.57. The number of thiazole rings is 1. The predicted molar refractivity (Wildman–Crippen MR) is 127 cm³/mol. The molecule has 8 heteroatoms. The summed E-state index contributed by atoms with van der Waals surface area (Å²) in [4.78, 5) is 31.8. The molecule has 0 radical (unpaired) electrons. The van der Waals surface area contributed by atoms with Crippen LogP contribution < -0.4 is 10.6 Å². The van der Waals surface area contributed by atoms with Gasteiger partial charge in [0.15, 0.2) is 5.13 Å². The first-order chi connectivity index (χ1) is 15.3. The van der Waals surface area contributed by atoms with Gasteiger partial charge in [-0.1, -0.05) is 26.8 Å². The molecule has 6 nitrogen and oxygen atoms in total. The van der Waals surface area contributed by atoms with Gasteiger partial charge in [0.25, 0.3) is 5.91 Å². The molecule has 2 amide bonds. The van der Waals surface area contributed by atoms with Crippen LogP contribution in [0.1, 0.15) is 72.6 Å². The molecule has 2 aromatic rings. The third kappa shape index (κ3) is 3.90. The molecule has 0 aliphatic heterocycles. The van der Waals surface area contributed by atoms with E-state index in [2.05, 4.69) is 24.5 Å². The quantitative estimate of drug-likeness (QED) is 0.599. The maximum atomic E-state index is 12.7. The molecule has 2 aromatic heterocycles. The van der Waals surface area contributed by atoms with Crippen molar-refractivity contribution in [2.75, 3.05) is 5.32 Å². The summed E-state index contributed by atoms with van der Waals surface area (Å²) in [7, 11) is 0. The standard InChI is InChI=1S/C24H31N3O3S2/c1-12(21(29)25-14-6-7-14)15-8-9-24(3)11-17-19(13(2)18(24)20(15)28)26-23(32-17)27-22(30)16-5-4-10-31-16/h4-5,10,12-15,18,20,28H,6-9,11H2,1-3H3,(H,25,29)(H,26,27,30)/t12-,13-,15-,18+,20-,24+/m0/s1. The molecule has 0 saturated heterocycles. The zero-order valence-corrected chi connectivity index (χ0v) is 20.4. The van der Waals surface area contributed by atoms with Crippen LogP contribution in [0.5, 0.6) is 0 Å². The molecular weight excluding hydrogens is 442 g/mol. The number of anilines is 1. The second-order valence-electron chi connectivity index (χ2n) is 10.2. The van der Waals surface area contributed by atoms with Gasteiger partial charge in [0.1, 0.15) is 0 Å². The first-order valence-corrected chi connectivity index (χ1v) is 13.3. The van der Waals surface area contributed by atoms with Gasteiger partial charge in [0, 0.05) is 22.8 Å². The number of nitrogens with zero attached hydrogens (tertiary/aromatic N) is 1. The van der Waals surface area contributed by atoms with E-state index in [0.717, 1.165) is 37.8 Å². The molecule has 2 fully saturated rings. The van der Waals surface area contributed by atoms with E-state index in [1.807, 2.05) is 24.4 Å². The third-order valence-electron chi connectivity index (χ3n) is 7.87. The number of rotatable bonds is 5. The summed E-state index contributed by atoms with van der Waals surface area (Å²) < 4.78 is 0. The Bertz CT molecular complexity index is 1020. The van der Waals surface area contributed by atoms with Gasteiger partial charge < -0.3 is 10.4 Å². The normalized spacial score (nSPS) is 32.5. The van der Waals surface area contributed by atoms with E-state index in [1.54, 1.807) is 11.3 Å². The fraction of sp³-hybridized carbons (Fsp3) is 0.625. The van der Waals surface area contributed by atoms with Crippen molar-refractivity contribution < 1.29 is 14.7 Å². The lowest BCUT2D eigenvalue weighted by atomic mass is 9.53. The smallest absolute Gasteiger partial charge is 0.267 e. The summed E-state index contributed by atoms with van der Waals surface area (Å²) >= 11 is 2.98. The Morgan fingerprint density at radius 2 is 2.09 bits per heavy atom. The van der Waals surface area contributed by atoms with Gasteiger partial charge in [-0.3, -0.25) is 14.9 Å². The number of amides is 2. The summed E-state index contributed by atoms with van der Waals surface area (Å²) in [6, 6.07) is 4.01. The Morgan fingerprint density at radius 1 is 1.31 bits per heavy atom. The Morgan fingerprint density at radius 3 is 2.78 bits per heavy atom. The molecule has 0 spiro atoms. The van der Waals surface area contributed by atoms with Crippen molar-refractivity contribution >= 4 is 39.6 Å². The van der Waals surface area contributed by atoms with Crippen molar-refractivity contribution in [1.82, 2.24) is 10.3 Å². The average molecular weight is 474 g/mol. The topological polar surface area (TPSA) is 91.3 Å². The van der Waals surface area contributed by atoms with E-state index in [9.17, 15) is 14.7 Å². The van der Waals surface area contributed by atoms with Gasteiger partial charge >= 0.3 is 0 Å². The first-order valence-electron chi connectivity index (χ1n) is 11.6. The number of aliphatic hydroxyl groups is 1. The van der Waals surface area contributed by atoms with Crippen LogP contribution in [0.4, 0.5) is 5.13 Å². The van der Waals surface area contributed by atoms with Crippen LogP contribution in [0.25, 0.3) is 0 Å². The molecule has 3 N–H and O–H groups in total. The summed E-state index contributed by atoms with van der Waals surface area (Å²) in [6.45, 7) is 6.38. The van der Waals surface area contributed by atoms with Gasteiger partial charge in [-0.15, -0.1) is 22.7 Å². The minimum atomic E-state index is -0.539.